The summed E-state index contributed by atoms with van der Waals surface area (Å²) in [5, 5.41) is 11.8. The van der Waals surface area contributed by atoms with Crippen molar-refractivity contribution >= 4 is 22.5 Å². The Morgan fingerprint density at radius 3 is 2.56 bits per heavy atom. The fourth-order valence-corrected chi connectivity index (χ4v) is 2.85. The Kier molecular flexibility index (Phi) is 5.41. The molecule has 5 heteroatoms. The maximum Gasteiger partial charge on any atom is 0.342 e. The normalized spacial score (nSPS) is 10.6. The molecule has 0 spiro atoms. The van der Waals surface area contributed by atoms with Crippen molar-refractivity contribution in [2.45, 2.75) is 20.5 Å². The summed E-state index contributed by atoms with van der Waals surface area (Å²) < 4.78 is 10.9. The van der Waals surface area contributed by atoms with Crippen molar-refractivity contribution in [3.8, 4) is 11.5 Å². The van der Waals surface area contributed by atoms with Crippen LogP contribution in [0.1, 0.15) is 40.1 Å². The second-order valence-corrected chi connectivity index (χ2v) is 6.07. The van der Waals surface area contributed by atoms with E-state index < -0.39 is 5.97 Å². The highest BCUT2D eigenvalue weighted by molar-refractivity contribution is 6.01. The highest BCUT2D eigenvalue weighted by atomic mass is 16.5. The smallest absolute Gasteiger partial charge is 0.342 e. The lowest BCUT2D eigenvalue weighted by molar-refractivity contribution is 0.0466. The van der Waals surface area contributed by atoms with Gasteiger partial charge in [-0.2, -0.15) is 0 Å². The Morgan fingerprint density at radius 2 is 1.81 bits per heavy atom. The number of fused-ring (bicyclic) bond motifs is 1. The van der Waals surface area contributed by atoms with Crippen LogP contribution in [0.5, 0.6) is 11.5 Å². The number of rotatable bonds is 6. The van der Waals surface area contributed by atoms with Gasteiger partial charge >= 0.3 is 5.97 Å². The van der Waals surface area contributed by atoms with Crippen LogP contribution in [0.4, 0.5) is 0 Å². The highest BCUT2D eigenvalue weighted by Gasteiger charge is 2.17. The minimum atomic E-state index is -0.645. The monoisotopic (exact) mass is 364 g/mol. The van der Waals surface area contributed by atoms with E-state index in [4.69, 9.17) is 9.47 Å². The molecule has 0 aliphatic heterocycles. The Hall–Kier alpha value is -3.34. The summed E-state index contributed by atoms with van der Waals surface area (Å²) in [5.74, 6) is -0.287. The van der Waals surface area contributed by atoms with E-state index in [1.165, 1.54) is 13.0 Å². The van der Waals surface area contributed by atoms with Crippen LogP contribution in [0.3, 0.4) is 0 Å². The van der Waals surface area contributed by atoms with Crippen LogP contribution in [0, 0.1) is 0 Å². The zero-order valence-corrected chi connectivity index (χ0v) is 15.2. The van der Waals surface area contributed by atoms with E-state index >= 15 is 0 Å². The lowest BCUT2D eigenvalue weighted by Gasteiger charge is -2.13. The first kappa shape index (κ1) is 18.5. The molecule has 0 fully saturated rings. The highest BCUT2D eigenvalue weighted by Crippen LogP contribution is 2.29. The molecular formula is C22H20O5. The molecule has 0 saturated carbocycles. The number of hydrogen-bond donors (Lipinski definition) is 1. The predicted octanol–water partition coefficient (Wildman–Crippen LogP) is 4.50. The first-order valence-electron chi connectivity index (χ1n) is 8.65. The molecule has 3 aromatic carbocycles. The maximum absolute atomic E-state index is 12.5. The van der Waals surface area contributed by atoms with Gasteiger partial charge in [-0.05, 0) is 43.5 Å². The van der Waals surface area contributed by atoms with E-state index in [1.54, 1.807) is 36.4 Å². The summed E-state index contributed by atoms with van der Waals surface area (Å²) in [6, 6.07) is 15.6. The van der Waals surface area contributed by atoms with Crippen molar-refractivity contribution in [2.75, 3.05) is 6.61 Å². The number of aromatic hydroxyl groups is 1. The molecule has 0 aromatic heterocycles. The van der Waals surface area contributed by atoms with E-state index in [1.807, 2.05) is 19.1 Å². The van der Waals surface area contributed by atoms with Gasteiger partial charge in [0.1, 0.15) is 23.7 Å². The first-order chi connectivity index (χ1) is 13.0. The van der Waals surface area contributed by atoms with Crippen LogP contribution in [0.25, 0.3) is 10.8 Å². The van der Waals surface area contributed by atoms with E-state index in [-0.39, 0.29) is 23.7 Å². The lowest BCUT2D eigenvalue weighted by atomic mass is 10.1. The van der Waals surface area contributed by atoms with E-state index in [0.717, 1.165) is 5.39 Å². The van der Waals surface area contributed by atoms with Crippen molar-refractivity contribution < 1.29 is 24.2 Å². The van der Waals surface area contributed by atoms with Crippen LogP contribution in [0.2, 0.25) is 0 Å². The molecule has 138 valence electrons. The van der Waals surface area contributed by atoms with Gasteiger partial charge < -0.3 is 14.6 Å². The quantitative estimate of drug-likeness (QED) is 0.515. The number of esters is 1. The number of carbonyl (C=O) groups is 2. The molecule has 5 nitrogen and oxygen atoms in total. The van der Waals surface area contributed by atoms with Gasteiger partial charge in [0.15, 0.2) is 5.78 Å². The van der Waals surface area contributed by atoms with Gasteiger partial charge in [-0.1, -0.05) is 30.3 Å². The topological polar surface area (TPSA) is 72.8 Å². The number of ether oxygens (including phenoxy) is 2. The summed E-state index contributed by atoms with van der Waals surface area (Å²) in [6.45, 7) is 3.70. The third kappa shape index (κ3) is 3.92. The molecule has 3 rings (SSSR count). The number of ketones is 1. The minimum Gasteiger partial charge on any atom is -0.506 e. The summed E-state index contributed by atoms with van der Waals surface area (Å²) in [7, 11) is 0. The van der Waals surface area contributed by atoms with Crippen LogP contribution < -0.4 is 4.74 Å². The number of Topliss-reactive ketones (excluding diaryl/α,β-unsaturated/α-hetero) is 1. The third-order valence-corrected chi connectivity index (χ3v) is 4.25. The molecule has 0 heterocycles. The molecule has 0 aliphatic rings. The van der Waals surface area contributed by atoms with Crippen LogP contribution in [-0.4, -0.2) is 23.5 Å². The predicted molar refractivity (Wildman–Crippen MR) is 102 cm³/mol. The van der Waals surface area contributed by atoms with Gasteiger partial charge in [-0.25, -0.2) is 4.79 Å². The fourth-order valence-electron chi connectivity index (χ4n) is 2.85. The van der Waals surface area contributed by atoms with Crippen molar-refractivity contribution in [1.29, 1.82) is 0 Å². The average Bonchev–Trinajstić information content (AvgIpc) is 2.67. The zero-order valence-electron chi connectivity index (χ0n) is 15.2. The molecular weight excluding hydrogens is 344 g/mol. The average molecular weight is 364 g/mol. The van der Waals surface area contributed by atoms with E-state index in [9.17, 15) is 14.7 Å². The van der Waals surface area contributed by atoms with E-state index in [2.05, 4.69) is 0 Å². The second kappa shape index (κ2) is 7.91. The van der Waals surface area contributed by atoms with Crippen LogP contribution in [-0.2, 0) is 11.3 Å². The largest absolute Gasteiger partial charge is 0.506 e. The first-order valence-corrected chi connectivity index (χ1v) is 8.65. The Morgan fingerprint density at radius 1 is 1.04 bits per heavy atom. The molecule has 0 amide bonds. The summed E-state index contributed by atoms with van der Waals surface area (Å²) in [4.78, 5) is 24.1. The Balaban J connectivity index is 1.84. The third-order valence-electron chi connectivity index (χ3n) is 4.25. The summed E-state index contributed by atoms with van der Waals surface area (Å²) in [5.41, 5.74) is 1.20. The van der Waals surface area contributed by atoms with Crippen molar-refractivity contribution in [3.05, 3.63) is 71.3 Å². The Bertz CT molecular complexity index is 1010. The summed E-state index contributed by atoms with van der Waals surface area (Å²) >= 11 is 0. The van der Waals surface area contributed by atoms with Crippen molar-refractivity contribution in [1.82, 2.24) is 0 Å². The maximum atomic E-state index is 12.5. The minimum absolute atomic E-state index is 0.0679. The molecule has 0 unspecified atom stereocenters. The number of phenols is 1. The van der Waals surface area contributed by atoms with Gasteiger partial charge in [-0.15, -0.1) is 0 Å². The SMILES string of the molecule is CCOc1ccc(C(C)=O)cc1COC(=O)c1ccc2ccccc2c1O. The number of phenolic OH excluding ortho intramolecular Hbond substituents is 1. The molecule has 0 atom stereocenters. The standard InChI is InChI=1S/C22H20O5/c1-3-26-20-11-9-16(14(2)23)12-17(20)13-27-22(25)19-10-8-15-6-4-5-7-18(15)21(19)24/h4-12,24H,3,13H2,1-2H3. The second-order valence-electron chi connectivity index (χ2n) is 6.07. The summed E-state index contributed by atoms with van der Waals surface area (Å²) in [6.07, 6.45) is 0. The van der Waals surface area contributed by atoms with Gasteiger partial charge in [0, 0.05) is 16.5 Å². The van der Waals surface area contributed by atoms with Gasteiger partial charge in [0.05, 0.1) is 6.61 Å². The molecule has 0 radical (unpaired) electrons. The van der Waals surface area contributed by atoms with Crippen LogP contribution >= 0.6 is 0 Å². The van der Waals surface area contributed by atoms with Gasteiger partial charge in [0.25, 0.3) is 0 Å². The van der Waals surface area contributed by atoms with Crippen LogP contribution in [0.15, 0.2) is 54.6 Å². The number of hydrogen-bond acceptors (Lipinski definition) is 5. The molecule has 0 saturated heterocycles. The lowest BCUT2D eigenvalue weighted by Crippen LogP contribution is -2.08. The van der Waals surface area contributed by atoms with Crippen molar-refractivity contribution in [2.24, 2.45) is 0 Å². The molecule has 1 N–H and O–H groups in total. The molecule has 3 aromatic rings. The van der Waals surface area contributed by atoms with Gasteiger partial charge in [-0.3, -0.25) is 4.79 Å². The van der Waals surface area contributed by atoms with Crippen molar-refractivity contribution in [3.63, 3.8) is 0 Å². The number of benzene rings is 3. The number of carbonyl (C=O) groups excluding carboxylic acids is 2. The zero-order chi connectivity index (χ0) is 19.4. The van der Waals surface area contributed by atoms with Gasteiger partial charge in [0.2, 0.25) is 0 Å². The van der Waals surface area contributed by atoms with E-state index in [0.29, 0.717) is 28.9 Å². The Labute approximate surface area is 157 Å². The molecule has 0 aliphatic carbocycles. The molecule has 27 heavy (non-hydrogen) atoms. The fraction of sp³-hybridized carbons (Fsp3) is 0.182. The molecule has 0 bridgehead atoms.